The summed E-state index contributed by atoms with van der Waals surface area (Å²) in [7, 11) is 3.73. The van der Waals surface area contributed by atoms with Crippen LogP contribution in [0, 0.1) is 5.82 Å². The average Bonchev–Trinajstić information content (AvgIpc) is 2.42. The highest BCUT2D eigenvalue weighted by Crippen LogP contribution is 2.21. The van der Waals surface area contributed by atoms with Gasteiger partial charge >= 0.3 is 0 Å². The molecule has 3 nitrogen and oxygen atoms in total. The second-order valence-electron chi connectivity index (χ2n) is 4.77. The average molecular weight is 268 g/mol. The van der Waals surface area contributed by atoms with Gasteiger partial charge in [-0.25, -0.2) is 4.39 Å². The number of ether oxygens (including phenoxy) is 1. The van der Waals surface area contributed by atoms with Gasteiger partial charge in [0.15, 0.2) is 0 Å². The third-order valence-corrected chi connectivity index (χ3v) is 3.36. The summed E-state index contributed by atoms with van der Waals surface area (Å²) in [4.78, 5) is 2.18. The number of hydrogen-bond acceptors (Lipinski definition) is 3. The molecule has 1 rings (SSSR count). The van der Waals surface area contributed by atoms with Crippen molar-refractivity contribution in [2.24, 2.45) is 0 Å². The zero-order chi connectivity index (χ0) is 14.1. The summed E-state index contributed by atoms with van der Waals surface area (Å²) in [6.45, 7) is 5.55. The predicted molar refractivity (Wildman–Crippen MR) is 76.8 cm³/mol. The Kier molecular flexibility index (Phi) is 7.63. The van der Waals surface area contributed by atoms with Crippen LogP contribution >= 0.6 is 0 Å². The van der Waals surface area contributed by atoms with Crippen LogP contribution in [0.2, 0.25) is 0 Å². The van der Waals surface area contributed by atoms with Gasteiger partial charge in [0.2, 0.25) is 0 Å². The van der Waals surface area contributed by atoms with Crippen LogP contribution in [0.1, 0.15) is 24.9 Å². The molecule has 1 aromatic carbocycles. The molecule has 1 unspecified atom stereocenters. The van der Waals surface area contributed by atoms with Crippen LogP contribution in [0.25, 0.3) is 0 Å². The van der Waals surface area contributed by atoms with Gasteiger partial charge in [0.05, 0.1) is 6.61 Å². The Labute approximate surface area is 115 Å². The maximum Gasteiger partial charge on any atom is 0.127 e. The highest BCUT2D eigenvalue weighted by molar-refractivity contribution is 5.20. The summed E-state index contributed by atoms with van der Waals surface area (Å²) in [6, 6.07) is 7.08. The lowest BCUT2D eigenvalue weighted by Gasteiger charge is -2.25. The smallest absolute Gasteiger partial charge is 0.127 e. The summed E-state index contributed by atoms with van der Waals surface area (Å²) >= 11 is 0. The molecule has 0 aliphatic carbocycles. The molecular formula is C15H25FN2O. The highest BCUT2D eigenvalue weighted by Gasteiger charge is 2.14. The first-order valence-corrected chi connectivity index (χ1v) is 6.81. The van der Waals surface area contributed by atoms with E-state index < -0.39 is 0 Å². The minimum absolute atomic E-state index is 0.0974. The van der Waals surface area contributed by atoms with Crippen molar-refractivity contribution in [2.45, 2.75) is 19.4 Å². The van der Waals surface area contributed by atoms with Crippen molar-refractivity contribution in [3.8, 4) is 0 Å². The summed E-state index contributed by atoms with van der Waals surface area (Å²) in [6.07, 6.45) is 1.04. The van der Waals surface area contributed by atoms with Gasteiger partial charge in [-0.1, -0.05) is 18.2 Å². The van der Waals surface area contributed by atoms with Crippen LogP contribution in [0.15, 0.2) is 24.3 Å². The molecule has 4 heteroatoms. The van der Waals surface area contributed by atoms with Crippen molar-refractivity contribution < 1.29 is 9.13 Å². The molecule has 1 atom stereocenters. The fourth-order valence-corrected chi connectivity index (χ4v) is 2.00. The molecular weight excluding hydrogens is 243 g/mol. The van der Waals surface area contributed by atoms with Gasteiger partial charge in [-0.15, -0.1) is 0 Å². The Balaban J connectivity index is 2.29. The fourth-order valence-electron chi connectivity index (χ4n) is 2.00. The SMILES string of the molecule is COCCNCCCN(C)C(C)c1ccccc1F. The van der Waals surface area contributed by atoms with Crippen molar-refractivity contribution in [3.05, 3.63) is 35.6 Å². The molecule has 0 saturated heterocycles. The number of methoxy groups -OCH3 is 1. The molecule has 1 N–H and O–H groups in total. The molecule has 108 valence electrons. The number of nitrogens with one attached hydrogen (secondary N) is 1. The molecule has 0 aliphatic heterocycles. The molecule has 0 radical (unpaired) electrons. The van der Waals surface area contributed by atoms with Crippen molar-refractivity contribution in [1.29, 1.82) is 0 Å². The van der Waals surface area contributed by atoms with E-state index in [0.29, 0.717) is 0 Å². The third-order valence-electron chi connectivity index (χ3n) is 3.36. The van der Waals surface area contributed by atoms with E-state index in [2.05, 4.69) is 10.2 Å². The Bertz CT molecular complexity index is 360. The van der Waals surface area contributed by atoms with Gasteiger partial charge in [0, 0.05) is 25.3 Å². The monoisotopic (exact) mass is 268 g/mol. The van der Waals surface area contributed by atoms with Crippen LogP contribution in [-0.2, 0) is 4.74 Å². The van der Waals surface area contributed by atoms with E-state index in [1.807, 2.05) is 26.1 Å². The van der Waals surface area contributed by atoms with Crippen LogP contribution in [0.3, 0.4) is 0 Å². The van der Waals surface area contributed by atoms with Gasteiger partial charge in [-0.3, -0.25) is 4.90 Å². The van der Waals surface area contributed by atoms with Gasteiger partial charge < -0.3 is 10.1 Å². The number of hydrogen-bond donors (Lipinski definition) is 1. The van der Waals surface area contributed by atoms with Crippen LogP contribution in [0.4, 0.5) is 4.39 Å². The molecule has 0 aliphatic rings. The predicted octanol–water partition coefficient (Wildman–Crippen LogP) is 2.44. The van der Waals surface area contributed by atoms with Crippen molar-refractivity contribution in [3.63, 3.8) is 0 Å². The number of rotatable bonds is 9. The third kappa shape index (κ3) is 5.68. The highest BCUT2D eigenvalue weighted by atomic mass is 19.1. The molecule has 0 spiro atoms. The Morgan fingerprint density at radius 1 is 1.32 bits per heavy atom. The Hall–Kier alpha value is -0.970. The van der Waals surface area contributed by atoms with Gasteiger partial charge in [0.25, 0.3) is 0 Å². The number of nitrogens with zero attached hydrogens (tertiary/aromatic N) is 1. The second kappa shape index (κ2) is 9.02. The van der Waals surface area contributed by atoms with Gasteiger partial charge in [-0.2, -0.15) is 0 Å². The first kappa shape index (κ1) is 16.1. The largest absolute Gasteiger partial charge is 0.383 e. The van der Waals surface area contributed by atoms with Crippen molar-refractivity contribution in [2.75, 3.05) is 40.4 Å². The minimum atomic E-state index is -0.125. The van der Waals surface area contributed by atoms with E-state index in [-0.39, 0.29) is 11.9 Å². The van der Waals surface area contributed by atoms with E-state index in [1.165, 1.54) is 6.07 Å². The van der Waals surface area contributed by atoms with Crippen molar-refractivity contribution >= 4 is 0 Å². The van der Waals surface area contributed by atoms with Crippen LogP contribution in [-0.4, -0.2) is 45.3 Å². The minimum Gasteiger partial charge on any atom is -0.383 e. The topological polar surface area (TPSA) is 24.5 Å². The standard InChI is InChI=1S/C15H25FN2O/c1-13(14-7-4-5-8-15(14)16)18(2)11-6-9-17-10-12-19-3/h4-5,7-8,13,17H,6,9-12H2,1-3H3. The second-order valence-corrected chi connectivity index (χ2v) is 4.77. The Morgan fingerprint density at radius 2 is 2.05 bits per heavy atom. The summed E-state index contributed by atoms with van der Waals surface area (Å²) in [5, 5.41) is 3.31. The lowest BCUT2D eigenvalue weighted by molar-refractivity contribution is 0.198. The first-order valence-electron chi connectivity index (χ1n) is 6.81. The lowest BCUT2D eigenvalue weighted by Crippen LogP contribution is -2.28. The summed E-state index contributed by atoms with van der Waals surface area (Å²) < 4.78 is 18.6. The zero-order valence-corrected chi connectivity index (χ0v) is 12.2. The molecule has 1 aromatic rings. The lowest BCUT2D eigenvalue weighted by atomic mass is 10.1. The zero-order valence-electron chi connectivity index (χ0n) is 12.2. The van der Waals surface area contributed by atoms with E-state index in [4.69, 9.17) is 4.74 Å². The van der Waals surface area contributed by atoms with Crippen LogP contribution < -0.4 is 5.32 Å². The Morgan fingerprint density at radius 3 is 2.74 bits per heavy atom. The van der Waals surface area contributed by atoms with Crippen LogP contribution in [0.5, 0.6) is 0 Å². The fraction of sp³-hybridized carbons (Fsp3) is 0.600. The molecule has 0 bridgehead atoms. The summed E-state index contributed by atoms with van der Waals surface area (Å²) in [5.41, 5.74) is 0.761. The van der Waals surface area contributed by atoms with Gasteiger partial charge in [0.1, 0.15) is 5.82 Å². The molecule has 19 heavy (non-hydrogen) atoms. The van der Waals surface area contributed by atoms with E-state index in [9.17, 15) is 4.39 Å². The maximum atomic E-state index is 13.7. The molecule has 0 saturated carbocycles. The van der Waals surface area contributed by atoms with E-state index in [1.54, 1.807) is 13.2 Å². The molecule has 0 aromatic heterocycles. The quantitative estimate of drug-likeness (QED) is 0.696. The van der Waals surface area contributed by atoms with E-state index >= 15 is 0 Å². The molecule has 0 amide bonds. The van der Waals surface area contributed by atoms with Gasteiger partial charge in [-0.05, 0) is 39.5 Å². The molecule has 0 fully saturated rings. The van der Waals surface area contributed by atoms with Crippen molar-refractivity contribution in [1.82, 2.24) is 10.2 Å². The number of halogens is 1. The summed E-state index contributed by atoms with van der Waals surface area (Å²) in [5.74, 6) is -0.125. The van der Waals surface area contributed by atoms with E-state index in [0.717, 1.165) is 38.2 Å². The molecule has 0 heterocycles. The maximum absolute atomic E-state index is 13.7. The number of benzene rings is 1. The first-order chi connectivity index (χ1) is 9.16. The normalized spacial score (nSPS) is 12.9.